The molecule has 0 aromatic heterocycles. The van der Waals surface area contributed by atoms with E-state index in [1.807, 2.05) is 0 Å². The summed E-state index contributed by atoms with van der Waals surface area (Å²) in [5.74, 6) is 1.87. The van der Waals surface area contributed by atoms with E-state index in [1.165, 1.54) is 5.56 Å². The van der Waals surface area contributed by atoms with E-state index in [2.05, 4.69) is 42.4 Å². The van der Waals surface area contributed by atoms with Crippen molar-refractivity contribution in [1.82, 2.24) is 4.90 Å². The molecule has 0 saturated heterocycles. The first kappa shape index (κ1) is 15.3. The van der Waals surface area contributed by atoms with Crippen LogP contribution in [0.3, 0.4) is 0 Å². The molecule has 0 fully saturated rings. The van der Waals surface area contributed by atoms with Crippen LogP contribution in [0.4, 0.5) is 0 Å². The van der Waals surface area contributed by atoms with Crippen LogP contribution in [0.2, 0.25) is 0 Å². The third-order valence-corrected chi connectivity index (χ3v) is 4.50. The lowest BCUT2D eigenvalue weighted by Gasteiger charge is -2.24. The molecule has 2 rings (SSSR count). The van der Waals surface area contributed by atoms with Crippen LogP contribution < -0.4 is 9.47 Å². The predicted molar refractivity (Wildman–Crippen MR) is 85.0 cm³/mol. The van der Waals surface area contributed by atoms with Crippen LogP contribution in [-0.2, 0) is 6.54 Å². The van der Waals surface area contributed by atoms with Gasteiger partial charge in [-0.25, -0.2) is 0 Å². The van der Waals surface area contributed by atoms with Crippen molar-refractivity contribution >= 4 is 11.8 Å². The Balaban J connectivity index is 2.26. The van der Waals surface area contributed by atoms with Crippen molar-refractivity contribution in [1.29, 1.82) is 0 Å². The van der Waals surface area contributed by atoms with Gasteiger partial charge in [-0.15, -0.1) is 11.8 Å². The van der Waals surface area contributed by atoms with E-state index in [0.29, 0.717) is 6.04 Å². The molecule has 0 radical (unpaired) electrons. The van der Waals surface area contributed by atoms with Gasteiger partial charge < -0.3 is 9.47 Å². The molecular formula is C16H23NO2S. The number of methoxy groups -OCH3 is 2. The van der Waals surface area contributed by atoms with Crippen LogP contribution in [-0.4, -0.2) is 38.0 Å². The minimum Gasteiger partial charge on any atom is -0.496 e. The molecular weight excluding hydrogens is 270 g/mol. The van der Waals surface area contributed by atoms with E-state index in [-0.39, 0.29) is 0 Å². The molecule has 0 bridgehead atoms. The Labute approximate surface area is 125 Å². The Bertz CT molecular complexity index is 488. The molecule has 0 saturated carbocycles. The molecule has 1 atom stereocenters. The average molecular weight is 293 g/mol. The Hall–Kier alpha value is -1.13. The monoisotopic (exact) mass is 293 g/mol. The maximum atomic E-state index is 5.55. The van der Waals surface area contributed by atoms with Gasteiger partial charge >= 0.3 is 0 Å². The molecule has 20 heavy (non-hydrogen) atoms. The minimum absolute atomic E-state index is 0.533. The number of hydrogen-bond acceptors (Lipinski definition) is 4. The second kappa shape index (κ2) is 7.04. The predicted octanol–water partition coefficient (Wildman–Crippen LogP) is 3.58. The van der Waals surface area contributed by atoms with Crippen molar-refractivity contribution in [3.05, 3.63) is 29.8 Å². The number of benzene rings is 1. The Morgan fingerprint density at radius 1 is 1.25 bits per heavy atom. The van der Waals surface area contributed by atoms with Crippen molar-refractivity contribution in [2.75, 3.05) is 27.0 Å². The fourth-order valence-corrected chi connectivity index (χ4v) is 3.19. The quantitative estimate of drug-likeness (QED) is 0.590. The molecule has 110 valence electrons. The smallest absolute Gasteiger partial charge is 0.132 e. The van der Waals surface area contributed by atoms with E-state index >= 15 is 0 Å². The zero-order chi connectivity index (χ0) is 14.5. The molecule has 4 heteroatoms. The molecule has 0 amide bonds. The van der Waals surface area contributed by atoms with Gasteiger partial charge in [0.2, 0.25) is 0 Å². The maximum Gasteiger partial charge on any atom is 0.132 e. The van der Waals surface area contributed by atoms with Crippen molar-refractivity contribution in [2.24, 2.45) is 0 Å². The lowest BCUT2D eigenvalue weighted by atomic mass is 10.1. The summed E-state index contributed by atoms with van der Waals surface area (Å²) < 4.78 is 11.0. The summed E-state index contributed by atoms with van der Waals surface area (Å²) in [7, 11) is 3.45. The molecule has 1 aliphatic rings. The third-order valence-electron chi connectivity index (χ3n) is 3.75. The summed E-state index contributed by atoms with van der Waals surface area (Å²) in [6.45, 7) is 4.12. The molecule has 1 unspecified atom stereocenters. The number of thioether (sulfide) groups is 1. The molecule has 0 aliphatic carbocycles. The first-order valence-corrected chi connectivity index (χ1v) is 8.15. The van der Waals surface area contributed by atoms with Crippen LogP contribution in [0.1, 0.15) is 18.9 Å². The number of hydrogen-bond donors (Lipinski definition) is 0. The molecule has 1 aromatic rings. The van der Waals surface area contributed by atoms with Crippen molar-refractivity contribution < 1.29 is 9.47 Å². The summed E-state index contributed by atoms with van der Waals surface area (Å²) in [4.78, 5) is 3.57. The summed E-state index contributed by atoms with van der Waals surface area (Å²) in [5.41, 5.74) is 1.18. The molecule has 1 aliphatic heterocycles. The Kier molecular flexibility index (Phi) is 5.38. The van der Waals surface area contributed by atoms with E-state index in [9.17, 15) is 0 Å². The van der Waals surface area contributed by atoms with Crippen LogP contribution >= 0.6 is 11.8 Å². The maximum absolute atomic E-state index is 5.55. The normalized spacial score (nSPS) is 18.5. The molecule has 3 nitrogen and oxygen atoms in total. The van der Waals surface area contributed by atoms with Crippen molar-refractivity contribution in [2.45, 2.75) is 30.8 Å². The fraction of sp³-hybridized carbons (Fsp3) is 0.500. The highest BCUT2D eigenvalue weighted by Gasteiger charge is 2.20. The topological polar surface area (TPSA) is 21.7 Å². The van der Waals surface area contributed by atoms with Gasteiger partial charge in [0.1, 0.15) is 11.5 Å². The van der Waals surface area contributed by atoms with Gasteiger partial charge in [0, 0.05) is 24.7 Å². The van der Waals surface area contributed by atoms with Gasteiger partial charge in [-0.1, -0.05) is 19.1 Å². The van der Waals surface area contributed by atoms with Gasteiger partial charge in [0.25, 0.3) is 0 Å². The fourth-order valence-electron chi connectivity index (χ4n) is 2.62. The minimum atomic E-state index is 0.533. The van der Waals surface area contributed by atoms with E-state index in [1.54, 1.807) is 26.0 Å². The summed E-state index contributed by atoms with van der Waals surface area (Å²) >= 11 is 1.68. The van der Waals surface area contributed by atoms with E-state index in [4.69, 9.17) is 9.47 Å². The highest BCUT2D eigenvalue weighted by molar-refractivity contribution is 7.98. The summed E-state index contributed by atoms with van der Waals surface area (Å²) in [5, 5.41) is 0. The van der Waals surface area contributed by atoms with Crippen LogP contribution in [0.15, 0.2) is 29.2 Å². The first-order chi connectivity index (χ1) is 9.73. The Morgan fingerprint density at radius 3 is 2.60 bits per heavy atom. The summed E-state index contributed by atoms with van der Waals surface area (Å²) in [6.07, 6.45) is 7.72. The van der Waals surface area contributed by atoms with Gasteiger partial charge in [-0.3, -0.25) is 4.90 Å². The molecule has 1 heterocycles. The molecule has 0 spiro atoms. The van der Waals surface area contributed by atoms with Gasteiger partial charge in [0.15, 0.2) is 0 Å². The molecule has 0 N–H and O–H groups in total. The lowest BCUT2D eigenvalue weighted by Crippen LogP contribution is -2.29. The third kappa shape index (κ3) is 3.13. The van der Waals surface area contributed by atoms with Crippen LogP contribution in [0, 0.1) is 0 Å². The Morgan fingerprint density at radius 2 is 2.00 bits per heavy atom. The lowest BCUT2D eigenvalue weighted by molar-refractivity contribution is 0.253. The highest BCUT2D eigenvalue weighted by Crippen LogP contribution is 2.35. The largest absolute Gasteiger partial charge is 0.496 e. The van der Waals surface area contributed by atoms with Gasteiger partial charge in [-0.2, -0.15) is 0 Å². The van der Waals surface area contributed by atoms with E-state index < -0.39 is 0 Å². The number of rotatable bonds is 6. The first-order valence-electron chi connectivity index (χ1n) is 6.93. The van der Waals surface area contributed by atoms with Crippen molar-refractivity contribution in [3.63, 3.8) is 0 Å². The van der Waals surface area contributed by atoms with Crippen LogP contribution in [0.25, 0.3) is 0 Å². The summed E-state index contributed by atoms with van der Waals surface area (Å²) in [6, 6.07) is 4.71. The second-order valence-corrected chi connectivity index (χ2v) is 5.70. The number of ether oxygens (including phenoxy) is 2. The average Bonchev–Trinajstić information content (AvgIpc) is 2.93. The van der Waals surface area contributed by atoms with Gasteiger partial charge in [0.05, 0.1) is 19.1 Å². The highest BCUT2D eigenvalue weighted by atomic mass is 32.2. The van der Waals surface area contributed by atoms with Crippen LogP contribution in [0.5, 0.6) is 11.5 Å². The zero-order valence-corrected chi connectivity index (χ0v) is 13.5. The van der Waals surface area contributed by atoms with E-state index in [0.717, 1.165) is 35.9 Å². The standard InChI is InChI=1S/C16H23NO2S/c1-5-13-7-6-8-17(13)11-12-9-15(19-3)16(20-4)10-14(12)18-2/h6-7,9-10,13H,5,8,11H2,1-4H3. The van der Waals surface area contributed by atoms with Gasteiger partial charge in [-0.05, 0) is 24.8 Å². The zero-order valence-electron chi connectivity index (χ0n) is 12.7. The molecule has 1 aromatic carbocycles. The SMILES string of the molecule is CCC1C=CCN1Cc1cc(OC)c(SC)cc1OC. The second-order valence-electron chi connectivity index (χ2n) is 4.85. The number of nitrogens with zero attached hydrogens (tertiary/aromatic N) is 1. The van der Waals surface area contributed by atoms with Crippen molar-refractivity contribution in [3.8, 4) is 11.5 Å².